The molecule has 37 heavy (non-hydrogen) atoms. The van der Waals surface area contributed by atoms with Crippen molar-refractivity contribution < 1.29 is 33.8 Å². The number of nitrogens with one attached hydrogen (secondary N) is 3. The molecule has 3 heterocycles. The van der Waals surface area contributed by atoms with Crippen LogP contribution in [-0.2, 0) is 19.1 Å². The number of ether oxygens (including phenoxy) is 1. The lowest BCUT2D eigenvalue weighted by Crippen LogP contribution is -2.45. The number of imide groups is 1. The van der Waals surface area contributed by atoms with Crippen molar-refractivity contribution in [1.82, 2.24) is 15.2 Å². The van der Waals surface area contributed by atoms with Crippen molar-refractivity contribution >= 4 is 58.6 Å². The van der Waals surface area contributed by atoms with E-state index in [1.54, 1.807) is 6.07 Å². The largest absolute Gasteiger partial charge is 0.481 e. The van der Waals surface area contributed by atoms with Gasteiger partial charge in [0.25, 0.3) is 5.91 Å². The topological polar surface area (TPSA) is 170 Å². The number of nitrogens with zero attached hydrogens (tertiary/aromatic N) is 3. The normalized spacial score (nSPS) is 21.1. The molecule has 13 nitrogen and oxygen atoms in total. The number of pyridine rings is 1. The molecule has 0 radical (unpaired) electrons. The predicted octanol–water partition coefficient (Wildman–Crippen LogP) is 1.89. The zero-order valence-electron chi connectivity index (χ0n) is 19.5. The number of urea groups is 2. The van der Waals surface area contributed by atoms with Crippen LogP contribution in [0.15, 0.2) is 42.6 Å². The van der Waals surface area contributed by atoms with E-state index in [2.05, 4.69) is 20.9 Å². The highest BCUT2D eigenvalue weighted by Gasteiger charge is 2.41. The first-order chi connectivity index (χ1) is 17.7. The first-order valence-corrected chi connectivity index (χ1v) is 11.5. The highest BCUT2D eigenvalue weighted by atomic mass is 35.5. The summed E-state index contributed by atoms with van der Waals surface area (Å²) in [5.41, 5.74) is 0.577. The number of likely N-dealkylation sites (tertiary alicyclic amines) is 1. The molecule has 0 spiro atoms. The van der Waals surface area contributed by atoms with Gasteiger partial charge < -0.3 is 25.4 Å². The highest BCUT2D eigenvalue weighted by Crippen LogP contribution is 2.25. The van der Waals surface area contributed by atoms with E-state index in [1.807, 2.05) is 0 Å². The van der Waals surface area contributed by atoms with E-state index in [0.29, 0.717) is 10.7 Å². The van der Waals surface area contributed by atoms with E-state index in [4.69, 9.17) is 21.4 Å². The lowest BCUT2D eigenvalue weighted by molar-refractivity contribution is -0.139. The molecule has 3 atom stereocenters. The summed E-state index contributed by atoms with van der Waals surface area (Å²) in [5, 5.41) is 17.0. The van der Waals surface area contributed by atoms with Gasteiger partial charge in [0.15, 0.2) is 0 Å². The van der Waals surface area contributed by atoms with Gasteiger partial charge in [0, 0.05) is 32.0 Å². The number of aromatic nitrogens is 1. The number of carbonyl (C=O) groups is 5. The van der Waals surface area contributed by atoms with Gasteiger partial charge in [0.1, 0.15) is 17.9 Å². The van der Waals surface area contributed by atoms with Gasteiger partial charge in [0.2, 0.25) is 5.91 Å². The SMILES string of the molecule is COC1CC(C(=O)Nc2ccc(N3C(=O)NC(CC(=O)O)C3=O)cc2)N(C(=O)Nc2ccc(Cl)cn2)C1. The molecule has 14 heteroatoms. The summed E-state index contributed by atoms with van der Waals surface area (Å²) in [5.74, 6) is -2.08. The van der Waals surface area contributed by atoms with Crippen LogP contribution in [0.4, 0.5) is 26.8 Å². The van der Waals surface area contributed by atoms with E-state index in [-0.39, 0.29) is 30.6 Å². The Morgan fingerprint density at radius 1 is 1.16 bits per heavy atom. The number of amides is 6. The Labute approximate surface area is 215 Å². The molecule has 0 aliphatic carbocycles. The van der Waals surface area contributed by atoms with Gasteiger partial charge in [-0.2, -0.15) is 0 Å². The molecule has 2 aliphatic rings. The first kappa shape index (κ1) is 25.9. The molecule has 0 bridgehead atoms. The van der Waals surface area contributed by atoms with Crippen LogP contribution >= 0.6 is 11.6 Å². The van der Waals surface area contributed by atoms with Gasteiger partial charge in [-0.15, -0.1) is 0 Å². The zero-order valence-corrected chi connectivity index (χ0v) is 20.3. The molecule has 2 aliphatic heterocycles. The van der Waals surface area contributed by atoms with Gasteiger partial charge in [-0.1, -0.05) is 11.6 Å². The number of benzene rings is 1. The van der Waals surface area contributed by atoms with E-state index in [9.17, 15) is 24.0 Å². The van der Waals surface area contributed by atoms with Crippen molar-refractivity contribution in [2.45, 2.75) is 31.0 Å². The number of halogens is 1. The third kappa shape index (κ3) is 5.78. The molecule has 194 valence electrons. The van der Waals surface area contributed by atoms with Crippen LogP contribution < -0.4 is 20.9 Å². The summed E-state index contributed by atoms with van der Waals surface area (Å²) < 4.78 is 5.37. The number of rotatable bonds is 7. The molecule has 2 aromatic rings. The minimum Gasteiger partial charge on any atom is -0.481 e. The van der Waals surface area contributed by atoms with Crippen LogP contribution in [0.5, 0.6) is 0 Å². The minimum atomic E-state index is -1.21. The Bertz CT molecular complexity index is 1220. The second-order valence-electron chi connectivity index (χ2n) is 8.36. The lowest BCUT2D eigenvalue weighted by atomic mass is 10.1. The Morgan fingerprint density at radius 2 is 1.89 bits per heavy atom. The maximum Gasteiger partial charge on any atom is 0.329 e. The highest BCUT2D eigenvalue weighted by molar-refractivity contribution is 6.30. The van der Waals surface area contributed by atoms with Gasteiger partial charge in [-0.05, 0) is 36.4 Å². The van der Waals surface area contributed by atoms with Crippen molar-refractivity contribution in [3.63, 3.8) is 0 Å². The van der Waals surface area contributed by atoms with Crippen molar-refractivity contribution in [3.05, 3.63) is 47.6 Å². The van der Waals surface area contributed by atoms with Crippen LogP contribution in [0.25, 0.3) is 0 Å². The summed E-state index contributed by atoms with van der Waals surface area (Å²) in [6.07, 6.45) is 0.783. The Morgan fingerprint density at radius 3 is 2.51 bits per heavy atom. The Hall–Kier alpha value is -4.23. The van der Waals surface area contributed by atoms with Crippen LogP contribution in [-0.4, -0.2) is 76.7 Å². The molecule has 4 rings (SSSR count). The van der Waals surface area contributed by atoms with Crippen molar-refractivity contribution in [2.24, 2.45) is 0 Å². The zero-order chi connectivity index (χ0) is 26.7. The molecular formula is C23H23ClN6O7. The monoisotopic (exact) mass is 530 g/mol. The number of hydrogen-bond donors (Lipinski definition) is 4. The van der Waals surface area contributed by atoms with Crippen LogP contribution in [0, 0.1) is 0 Å². The van der Waals surface area contributed by atoms with E-state index < -0.39 is 48.4 Å². The fourth-order valence-electron chi connectivity index (χ4n) is 4.08. The maximum absolute atomic E-state index is 13.1. The molecule has 3 unspecified atom stereocenters. The van der Waals surface area contributed by atoms with Crippen LogP contribution in [0.2, 0.25) is 5.02 Å². The third-order valence-corrected chi connectivity index (χ3v) is 6.14. The molecule has 2 fully saturated rings. The van der Waals surface area contributed by atoms with Gasteiger partial charge in [-0.25, -0.2) is 19.5 Å². The third-order valence-electron chi connectivity index (χ3n) is 5.91. The summed E-state index contributed by atoms with van der Waals surface area (Å²) in [7, 11) is 1.50. The van der Waals surface area contributed by atoms with Crippen molar-refractivity contribution in [1.29, 1.82) is 0 Å². The van der Waals surface area contributed by atoms with E-state index in [0.717, 1.165) is 4.90 Å². The number of methoxy groups -OCH3 is 1. The van der Waals surface area contributed by atoms with E-state index >= 15 is 0 Å². The van der Waals surface area contributed by atoms with E-state index in [1.165, 1.54) is 48.5 Å². The predicted molar refractivity (Wildman–Crippen MR) is 131 cm³/mol. The smallest absolute Gasteiger partial charge is 0.329 e. The molecule has 2 saturated heterocycles. The minimum absolute atomic E-state index is 0.191. The number of aliphatic carboxylic acids is 1. The summed E-state index contributed by atoms with van der Waals surface area (Å²) in [4.78, 5) is 67.7. The number of anilines is 3. The quantitative estimate of drug-likeness (QED) is 0.393. The van der Waals surface area contributed by atoms with Crippen molar-refractivity contribution in [3.8, 4) is 0 Å². The second kappa shape index (κ2) is 10.8. The average Bonchev–Trinajstić information content (AvgIpc) is 3.42. The standard InChI is InChI=1S/C23H23ClN6O7/c1-37-15-8-17(29(11-15)22(35)28-18-7-2-12(24)10-25-18)20(33)26-13-3-5-14(6-4-13)30-21(34)16(9-19(31)32)27-23(30)36/h2-7,10,15-17H,8-9,11H2,1H3,(H,26,33)(H,27,36)(H,31,32)(H,25,28,35). The molecule has 1 aromatic carbocycles. The molecule has 1 aromatic heterocycles. The summed E-state index contributed by atoms with van der Waals surface area (Å²) >= 11 is 5.82. The van der Waals surface area contributed by atoms with Gasteiger partial charge >= 0.3 is 18.0 Å². The molecule has 6 amide bonds. The fourth-order valence-corrected chi connectivity index (χ4v) is 4.19. The number of hydrogen-bond acceptors (Lipinski definition) is 7. The molecular weight excluding hydrogens is 508 g/mol. The van der Waals surface area contributed by atoms with Crippen LogP contribution in [0.3, 0.4) is 0 Å². The number of carbonyl (C=O) groups excluding carboxylic acids is 4. The Balaban J connectivity index is 1.42. The van der Waals surface area contributed by atoms with Gasteiger partial charge in [-0.3, -0.25) is 19.7 Å². The maximum atomic E-state index is 13.1. The second-order valence-corrected chi connectivity index (χ2v) is 8.80. The average molecular weight is 531 g/mol. The summed E-state index contributed by atoms with van der Waals surface area (Å²) in [6.45, 7) is 0.191. The number of carboxylic acid groups (broad SMARTS) is 1. The molecule has 0 saturated carbocycles. The van der Waals surface area contributed by atoms with Gasteiger partial charge in [0.05, 0.1) is 23.2 Å². The molecule has 4 N–H and O–H groups in total. The summed E-state index contributed by atoms with van der Waals surface area (Å²) in [6, 6.07) is 5.73. The Kier molecular flexibility index (Phi) is 7.55. The first-order valence-electron chi connectivity index (χ1n) is 11.2. The van der Waals surface area contributed by atoms with Crippen LogP contribution in [0.1, 0.15) is 12.8 Å². The van der Waals surface area contributed by atoms with Crippen molar-refractivity contribution in [2.75, 3.05) is 29.2 Å². The lowest BCUT2D eigenvalue weighted by Gasteiger charge is -2.24. The fraction of sp³-hybridized carbons (Fsp3) is 0.304. The number of carboxylic acids is 1.